The quantitative estimate of drug-likeness (QED) is 0.620. The van der Waals surface area contributed by atoms with Crippen molar-refractivity contribution in [1.29, 1.82) is 0 Å². The standard InChI is InChI=1S/C23H26N2O5/c1-14(2)11-20(22(28)24-12-21(26)27)25-23(29)30-13-19-17-9-5-3-7-15(17)16-8-4-6-10-18(16)19/h3-10,14,19-20H,11-13H2,1-2H3,(H,24,28)(H,25,29)(H,26,27)/t20-/m0/s1. The number of carboxylic acid groups (broad SMARTS) is 1. The molecule has 3 rings (SSSR count). The van der Waals surface area contributed by atoms with Crippen LogP contribution in [0.1, 0.15) is 37.3 Å². The van der Waals surface area contributed by atoms with Gasteiger partial charge in [0.05, 0.1) is 0 Å². The first-order valence-electron chi connectivity index (χ1n) is 9.97. The van der Waals surface area contributed by atoms with Gasteiger partial charge in [-0.1, -0.05) is 62.4 Å². The summed E-state index contributed by atoms with van der Waals surface area (Å²) in [5.74, 6) is -1.64. The number of amides is 2. The smallest absolute Gasteiger partial charge is 0.407 e. The number of carbonyl (C=O) groups is 3. The first-order valence-corrected chi connectivity index (χ1v) is 9.97. The number of hydrogen-bond acceptors (Lipinski definition) is 4. The lowest BCUT2D eigenvalue weighted by atomic mass is 9.98. The van der Waals surface area contributed by atoms with Crippen LogP contribution in [0.5, 0.6) is 0 Å². The molecule has 0 aliphatic heterocycles. The van der Waals surface area contributed by atoms with Crippen molar-refractivity contribution in [3.8, 4) is 11.1 Å². The van der Waals surface area contributed by atoms with Crippen molar-refractivity contribution < 1.29 is 24.2 Å². The molecule has 2 amide bonds. The van der Waals surface area contributed by atoms with Crippen LogP contribution in [0.3, 0.4) is 0 Å². The van der Waals surface area contributed by atoms with E-state index < -0.39 is 30.6 Å². The molecule has 2 aromatic carbocycles. The molecule has 1 atom stereocenters. The normalized spacial score (nSPS) is 13.3. The minimum atomic E-state index is -1.15. The zero-order valence-electron chi connectivity index (χ0n) is 17.1. The van der Waals surface area contributed by atoms with Gasteiger partial charge in [-0.15, -0.1) is 0 Å². The van der Waals surface area contributed by atoms with Gasteiger partial charge in [0.2, 0.25) is 5.91 Å². The van der Waals surface area contributed by atoms with E-state index in [0.29, 0.717) is 6.42 Å². The molecule has 1 aliphatic rings. The van der Waals surface area contributed by atoms with Crippen molar-refractivity contribution in [2.45, 2.75) is 32.2 Å². The minimum Gasteiger partial charge on any atom is -0.480 e. The number of nitrogens with one attached hydrogen (secondary N) is 2. The van der Waals surface area contributed by atoms with E-state index >= 15 is 0 Å². The molecule has 0 heterocycles. The lowest BCUT2D eigenvalue weighted by Gasteiger charge is -2.20. The minimum absolute atomic E-state index is 0.0764. The number of alkyl carbamates (subject to hydrolysis) is 1. The van der Waals surface area contributed by atoms with Crippen molar-refractivity contribution >= 4 is 18.0 Å². The Morgan fingerprint density at radius 2 is 1.57 bits per heavy atom. The first kappa shape index (κ1) is 21.4. The van der Waals surface area contributed by atoms with Crippen LogP contribution >= 0.6 is 0 Å². The lowest BCUT2D eigenvalue weighted by Crippen LogP contribution is -2.48. The van der Waals surface area contributed by atoms with Crippen LogP contribution in [-0.2, 0) is 14.3 Å². The molecule has 7 heteroatoms. The second-order valence-corrected chi connectivity index (χ2v) is 7.76. The average Bonchev–Trinajstić information content (AvgIpc) is 3.03. The second kappa shape index (κ2) is 9.43. The Morgan fingerprint density at radius 3 is 2.10 bits per heavy atom. The molecule has 158 valence electrons. The van der Waals surface area contributed by atoms with Crippen molar-refractivity contribution in [1.82, 2.24) is 10.6 Å². The molecule has 7 nitrogen and oxygen atoms in total. The van der Waals surface area contributed by atoms with Crippen LogP contribution in [0.4, 0.5) is 4.79 Å². The van der Waals surface area contributed by atoms with Gasteiger partial charge in [-0.05, 0) is 34.6 Å². The van der Waals surface area contributed by atoms with E-state index in [-0.39, 0.29) is 18.4 Å². The summed E-state index contributed by atoms with van der Waals surface area (Å²) >= 11 is 0. The molecular formula is C23H26N2O5. The van der Waals surface area contributed by atoms with E-state index in [9.17, 15) is 14.4 Å². The van der Waals surface area contributed by atoms with E-state index in [1.54, 1.807) is 0 Å². The molecule has 0 bridgehead atoms. The Morgan fingerprint density at radius 1 is 1.00 bits per heavy atom. The fourth-order valence-corrected chi connectivity index (χ4v) is 3.77. The molecule has 0 radical (unpaired) electrons. The second-order valence-electron chi connectivity index (χ2n) is 7.76. The van der Waals surface area contributed by atoms with Gasteiger partial charge in [-0.3, -0.25) is 9.59 Å². The third-order valence-corrected chi connectivity index (χ3v) is 5.07. The summed E-state index contributed by atoms with van der Waals surface area (Å²) in [7, 11) is 0. The monoisotopic (exact) mass is 410 g/mol. The van der Waals surface area contributed by atoms with E-state index in [0.717, 1.165) is 22.3 Å². The van der Waals surface area contributed by atoms with Gasteiger partial charge in [-0.25, -0.2) is 4.79 Å². The van der Waals surface area contributed by atoms with Crippen molar-refractivity contribution in [2.75, 3.05) is 13.2 Å². The third kappa shape index (κ3) is 4.97. The summed E-state index contributed by atoms with van der Waals surface area (Å²) in [4.78, 5) is 35.4. The summed E-state index contributed by atoms with van der Waals surface area (Å²) in [5.41, 5.74) is 4.47. The van der Waals surface area contributed by atoms with Crippen LogP contribution in [0.15, 0.2) is 48.5 Å². The van der Waals surface area contributed by atoms with E-state index in [2.05, 4.69) is 22.8 Å². The van der Waals surface area contributed by atoms with Gasteiger partial charge in [0.25, 0.3) is 0 Å². The highest BCUT2D eigenvalue weighted by molar-refractivity contribution is 5.88. The van der Waals surface area contributed by atoms with Crippen LogP contribution in [-0.4, -0.2) is 42.3 Å². The number of ether oxygens (including phenoxy) is 1. The van der Waals surface area contributed by atoms with Crippen LogP contribution in [0.2, 0.25) is 0 Å². The fourth-order valence-electron chi connectivity index (χ4n) is 3.77. The molecule has 3 N–H and O–H groups in total. The molecular weight excluding hydrogens is 384 g/mol. The Balaban J connectivity index is 1.65. The zero-order chi connectivity index (χ0) is 21.7. The van der Waals surface area contributed by atoms with Gasteiger partial charge < -0.3 is 20.5 Å². The van der Waals surface area contributed by atoms with Crippen molar-refractivity contribution in [3.05, 3.63) is 59.7 Å². The highest BCUT2D eigenvalue weighted by Crippen LogP contribution is 2.44. The summed E-state index contributed by atoms with van der Waals surface area (Å²) in [6, 6.07) is 15.2. The highest BCUT2D eigenvalue weighted by Gasteiger charge is 2.30. The zero-order valence-corrected chi connectivity index (χ0v) is 17.1. The van der Waals surface area contributed by atoms with Crippen LogP contribution < -0.4 is 10.6 Å². The molecule has 0 spiro atoms. The maximum Gasteiger partial charge on any atom is 0.407 e. The maximum atomic E-state index is 12.4. The van der Waals surface area contributed by atoms with E-state index in [1.165, 1.54) is 0 Å². The lowest BCUT2D eigenvalue weighted by molar-refractivity contribution is -0.138. The summed E-state index contributed by atoms with van der Waals surface area (Å²) in [5, 5.41) is 13.6. The van der Waals surface area contributed by atoms with Gasteiger partial charge >= 0.3 is 12.1 Å². The van der Waals surface area contributed by atoms with Crippen LogP contribution in [0.25, 0.3) is 11.1 Å². The largest absolute Gasteiger partial charge is 0.480 e. The number of rotatable bonds is 8. The average molecular weight is 410 g/mol. The third-order valence-electron chi connectivity index (χ3n) is 5.07. The number of benzene rings is 2. The predicted molar refractivity (Wildman–Crippen MR) is 112 cm³/mol. The van der Waals surface area contributed by atoms with Gasteiger partial charge in [0, 0.05) is 5.92 Å². The molecule has 30 heavy (non-hydrogen) atoms. The van der Waals surface area contributed by atoms with Gasteiger partial charge in [0.15, 0.2) is 0 Å². The van der Waals surface area contributed by atoms with E-state index in [4.69, 9.17) is 9.84 Å². The predicted octanol–water partition coefficient (Wildman–Crippen LogP) is 3.14. The summed E-state index contributed by atoms with van der Waals surface area (Å²) < 4.78 is 5.48. The first-order chi connectivity index (χ1) is 14.4. The van der Waals surface area contributed by atoms with Gasteiger partial charge in [-0.2, -0.15) is 0 Å². The maximum absolute atomic E-state index is 12.4. The van der Waals surface area contributed by atoms with Crippen LogP contribution in [0, 0.1) is 5.92 Å². The highest BCUT2D eigenvalue weighted by atomic mass is 16.5. The number of carboxylic acids is 1. The van der Waals surface area contributed by atoms with Crippen molar-refractivity contribution in [2.24, 2.45) is 5.92 Å². The van der Waals surface area contributed by atoms with E-state index in [1.807, 2.05) is 50.2 Å². The number of carbonyl (C=O) groups excluding carboxylic acids is 2. The molecule has 0 saturated carbocycles. The Kier molecular flexibility index (Phi) is 6.72. The molecule has 0 fully saturated rings. The Labute approximate surface area is 175 Å². The number of fused-ring (bicyclic) bond motifs is 3. The Hall–Kier alpha value is -3.35. The number of aliphatic carboxylic acids is 1. The fraction of sp³-hybridized carbons (Fsp3) is 0.348. The molecule has 0 saturated heterocycles. The molecule has 0 aromatic heterocycles. The van der Waals surface area contributed by atoms with Crippen molar-refractivity contribution in [3.63, 3.8) is 0 Å². The molecule has 2 aromatic rings. The molecule has 0 unspecified atom stereocenters. The SMILES string of the molecule is CC(C)C[C@H](NC(=O)OCC1c2ccccc2-c2ccccc21)C(=O)NCC(=O)O. The molecule has 1 aliphatic carbocycles. The summed E-state index contributed by atoms with van der Waals surface area (Å²) in [6.07, 6.45) is -0.330. The number of hydrogen-bond donors (Lipinski definition) is 3. The Bertz CT molecular complexity index is 895. The topological polar surface area (TPSA) is 105 Å². The summed E-state index contributed by atoms with van der Waals surface area (Å²) in [6.45, 7) is 3.47. The van der Waals surface area contributed by atoms with Gasteiger partial charge in [0.1, 0.15) is 19.2 Å².